The first-order valence-electron chi connectivity index (χ1n) is 8.74. The van der Waals surface area contributed by atoms with Gasteiger partial charge in [-0.3, -0.25) is 14.6 Å². The summed E-state index contributed by atoms with van der Waals surface area (Å²) in [6.45, 7) is 5.77. The zero-order chi connectivity index (χ0) is 18.5. The van der Waals surface area contributed by atoms with E-state index in [0.717, 1.165) is 19.6 Å². The van der Waals surface area contributed by atoms with E-state index in [2.05, 4.69) is 25.9 Å². The van der Waals surface area contributed by atoms with Crippen LogP contribution in [-0.2, 0) is 19.4 Å². The highest BCUT2D eigenvalue weighted by atomic mass is 19.3. The molecule has 2 aromatic heterocycles. The molecule has 140 valence electrons. The van der Waals surface area contributed by atoms with Crippen molar-refractivity contribution in [2.24, 2.45) is 11.3 Å². The fraction of sp³-hybridized carbons (Fsp3) is 0.588. The third-order valence-corrected chi connectivity index (χ3v) is 5.38. The molecule has 1 saturated heterocycles. The third-order valence-electron chi connectivity index (χ3n) is 5.38. The lowest BCUT2D eigenvalue weighted by Crippen LogP contribution is -2.44. The molecule has 0 radical (unpaired) electrons. The monoisotopic (exact) mass is 364 g/mol. The van der Waals surface area contributed by atoms with Crippen molar-refractivity contribution in [1.29, 1.82) is 0 Å². The minimum atomic E-state index is -2.89. The summed E-state index contributed by atoms with van der Waals surface area (Å²) < 4.78 is 30.5. The molecular weight excluding hydrogens is 342 g/mol. The quantitative estimate of drug-likeness (QED) is 0.773. The van der Waals surface area contributed by atoms with Crippen LogP contribution < -0.4 is 10.6 Å². The van der Waals surface area contributed by atoms with Crippen LogP contribution >= 0.6 is 0 Å². The molecule has 0 saturated carbocycles. The smallest absolute Gasteiger partial charge is 0.276 e. The molecule has 0 bridgehead atoms. The van der Waals surface area contributed by atoms with Gasteiger partial charge in [0.2, 0.25) is 0 Å². The van der Waals surface area contributed by atoms with E-state index in [1.165, 1.54) is 13.8 Å². The lowest BCUT2D eigenvalue weighted by molar-refractivity contribution is -0.111. The number of hydrogen-bond donors (Lipinski definition) is 3. The Morgan fingerprint density at radius 2 is 2.15 bits per heavy atom. The van der Waals surface area contributed by atoms with Crippen molar-refractivity contribution >= 4 is 11.6 Å². The Bertz CT molecular complexity index is 836. The Labute approximate surface area is 149 Å². The van der Waals surface area contributed by atoms with Gasteiger partial charge in [0, 0.05) is 61.3 Å². The van der Waals surface area contributed by atoms with Gasteiger partial charge in [-0.1, -0.05) is 13.8 Å². The molecule has 0 unspecified atom stereocenters. The molecule has 2 aromatic rings. The molecule has 0 aromatic carbocycles. The highest BCUT2D eigenvalue weighted by molar-refractivity contribution is 6.04. The summed E-state index contributed by atoms with van der Waals surface area (Å²) in [4.78, 5) is 12.5. The van der Waals surface area contributed by atoms with E-state index in [1.807, 2.05) is 0 Å². The molecule has 26 heavy (non-hydrogen) atoms. The number of nitrogens with zero attached hydrogens (tertiary/aromatic N) is 3. The number of aromatic amines is 1. The SMILES string of the molecule is CC1(C)Cc2[nH]nc(C(=O)Nc3cnn(CC4CNC4)c3)c2CC1(F)F. The topological polar surface area (TPSA) is 87.6 Å². The van der Waals surface area contributed by atoms with E-state index in [9.17, 15) is 13.6 Å². The highest BCUT2D eigenvalue weighted by Crippen LogP contribution is 2.46. The van der Waals surface area contributed by atoms with Crippen molar-refractivity contribution in [2.75, 3.05) is 18.4 Å². The Balaban J connectivity index is 1.49. The van der Waals surface area contributed by atoms with Crippen LogP contribution in [0.5, 0.6) is 0 Å². The molecule has 3 N–H and O–H groups in total. The summed E-state index contributed by atoms with van der Waals surface area (Å²) in [6, 6.07) is 0. The lowest BCUT2D eigenvalue weighted by atomic mass is 9.73. The molecular formula is C17H22F2N6O. The van der Waals surface area contributed by atoms with Gasteiger partial charge in [0.1, 0.15) is 0 Å². The number of anilines is 1. The van der Waals surface area contributed by atoms with Crippen LogP contribution in [0, 0.1) is 11.3 Å². The summed E-state index contributed by atoms with van der Waals surface area (Å²) in [5.74, 6) is -2.84. The van der Waals surface area contributed by atoms with Crippen molar-refractivity contribution in [1.82, 2.24) is 25.3 Å². The zero-order valence-corrected chi connectivity index (χ0v) is 14.8. The van der Waals surface area contributed by atoms with Crippen LogP contribution in [0.3, 0.4) is 0 Å². The predicted octanol–water partition coefficient (Wildman–Crippen LogP) is 1.84. The maximum atomic E-state index is 14.4. The first-order valence-corrected chi connectivity index (χ1v) is 8.74. The summed E-state index contributed by atoms with van der Waals surface area (Å²) in [6.07, 6.45) is 2.97. The second-order valence-electron chi connectivity index (χ2n) is 7.90. The van der Waals surface area contributed by atoms with E-state index < -0.39 is 23.7 Å². The van der Waals surface area contributed by atoms with Crippen molar-refractivity contribution in [3.63, 3.8) is 0 Å². The Hall–Kier alpha value is -2.29. The van der Waals surface area contributed by atoms with Gasteiger partial charge < -0.3 is 10.6 Å². The minimum Gasteiger partial charge on any atom is -0.318 e. The van der Waals surface area contributed by atoms with E-state index >= 15 is 0 Å². The molecule has 3 heterocycles. The molecule has 1 aliphatic carbocycles. The van der Waals surface area contributed by atoms with Gasteiger partial charge in [0.15, 0.2) is 5.69 Å². The Morgan fingerprint density at radius 3 is 2.85 bits per heavy atom. The van der Waals surface area contributed by atoms with E-state index in [4.69, 9.17) is 0 Å². The van der Waals surface area contributed by atoms with Gasteiger partial charge in [-0.15, -0.1) is 0 Å². The largest absolute Gasteiger partial charge is 0.318 e. The minimum absolute atomic E-state index is 0.0334. The maximum Gasteiger partial charge on any atom is 0.276 e. The summed E-state index contributed by atoms with van der Waals surface area (Å²) >= 11 is 0. The number of carbonyl (C=O) groups is 1. The second kappa shape index (κ2) is 5.87. The van der Waals surface area contributed by atoms with Crippen LogP contribution in [0.1, 0.15) is 35.6 Å². The summed E-state index contributed by atoms with van der Waals surface area (Å²) in [5, 5.41) is 16.9. The van der Waals surface area contributed by atoms with Gasteiger partial charge in [-0.2, -0.15) is 10.2 Å². The Kier molecular flexibility index (Phi) is 3.87. The van der Waals surface area contributed by atoms with Crippen LogP contribution in [-0.4, -0.2) is 44.9 Å². The fourth-order valence-electron chi connectivity index (χ4n) is 3.42. The first kappa shape index (κ1) is 17.1. The van der Waals surface area contributed by atoms with Crippen molar-refractivity contribution in [3.05, 3.63) is 29.3 Å². The first-order chi connectivity index (χ1) is 12.2. The molecule has 1 aliphatic heterocycles. The van der Waals surface area contributed by atoms with Crippen molar-refractivity contribution in [2.45, 2.75) is 39.2 Å². The number of hydrogen-bond acceptors (Lipinski definition) is 4. The van der Waals surface area contributed by atoms with Crippen LogP contribution in [0.15, 0.2) is 12.4 Å². The lowest BCUT2D eigenvalue weighted by Gasteiger charge is -2.37. The molecule has 1 amide bonds. The molecule has 9 heteroatoms. The van der Waals surface area contributed by atoms with E-state index in [0.29, 0.717) is 22.9 Å². The molecule has 7 nitrogen and oxygen atoms in total. The number of H-pyrrole nitrogens is 1. The third kappa shape index (κ3) is 2.90. The van der Waals surface area contributed by atoms with Crippen LogP contribution in [0.2, 0.25) is 0 Å². The number of rotatable bonds is 4. The number of alkyl halides is 2. The van der Waals surface area contributed by atoms with E-state index in [-0.39, 0.29) is 12.1 Å². The van der Waals surface area contributed by atoms with Gasteiger partial charge in [0.05, 0.1) is 11.9 Å². The summed E-state index contributed by atoms with van der Waals surface area (Å²) in [5.41, 5.74) is 0.310. The normalized spacial score (nSPS) is 21.1. The summed E-state index contributed by atoms with van der Waals surface area (Å²) in [7, 11) is 0. The van der Waals surface area contributed by atoms with Gasteiger partial charge in [-0.25, -0.2) is 8.78 Å². The van der Waals surface area contributed by atoms with Crippen LogP contribution in [0.25, 0.3) is 0 Å². The van der Waals surface area contributed by atoms with Crippen molar-refractivity contribution in [3.8, 4) is 0 Å². The molecule has 0 spiro atoms. The number of nitrogens with one attached hydrogen (secondary N) is 3. The average Bonchev–Trinajstić information content (AvgIpc) is 3.09. The Morgan fingerprint density at radius 1 is 1.38 bits per heavy atom. The average molecular weight is 364 g/mol. The maximum absolute atomic E-state index is 14.4. The predicted molar refractivity (Wildman–Crippen MR) is 91.3 cm³/mol. The number of amides is 1. The fourth-order valence-corrected chi connectivity index (χ4v) is 3.42. The number of fused-ring (bicyclic) bond motifs is 1. The van der Waals surface area contributed by atoms with Crippen LogP contribution in [0.4, 0.5) is 14.5 Å². The van der Waals surface area contributed by atoms with Gasteiger partial charge in [-0.05, 0) is 0 Å². The van der Waals surface area contributed by atoms with Gasteiger partial charge >= 0.3 is 0 Å². The van der Waals surface area contributed by atoms with Crippen molar-refractivity contribution < 1.29 is 13.6 Å². The number of carbonyl (C=O) groups excluding carboxylic acids is 1. The number of halogens is 2. The standard InChI is InChI=1S/C17H22F2N6O/c1-16(2)4-13-12(3-17(16,18)19)14(24-23-13)15(26)22-11-7-21-25(9-11)8-10-5-20-6-10/h7,9-10,20H,3-6,8H2,1-2H3,(H,22,26)(H,23,24). The molecule has 1 fully saturated rings. The molecule has 4 rings (SSSR count). The second-order valence-corrected chi connectivity index (χ2v) is 7.90. The zero-order valence-electron chi connectivity index (χ0n) is 14.8. The van der Waals surface area contributed by atoms with Gasteiger partial charge in [0.25, 0.3) is 11.8 Å². The molecule has 2 aliphatic rings. The number of aromatic nitrogens is 4. The van der Waals surface area contributed by atoms with E-state index in [1.54, 1.807) is 17.1 Å². The molecule has 0 atom stereocenters. The highest BCUT2D eigenvalue weighted by Gasteiger charge is 2.51.